The average molecular weight is 324 g/mol. The van der Waals surface area contributed by atoms with E-state index in [1.807, 2.05) is 31.2 Å². The van der Waals surface area contributed by atoms with Gasteiger partial charge in [0.2, 0.25) is 0 Å². The van der Waals surface area contributed by atoms with Gasteiger partial charge in [-0.1, -0.05) is 28.1 Å². The minimum absolute atomic E-state index is 0.0820. The number of aromatic nitrogens is 2. The lowest BCUT2D eigenvalue weighted by Crippen LogP contribution is -2.40. The number of anilines is 1. The molecule has 19 heavy (non-hydrogen) atoms. The summed E-state index contributed by atoms with van der Waals surface area (Å²) in [5, 5.41) is 0. The molecule has 6 heteroatoms. The Bertz CT molecular complexity index is 701. The molecule has 0 atom stereocenters. The van der Waals surface area contributed by atoms with E-state index < -0.39 is 5.56 Å². The van der Waals surface area contributed by atoms with Gasteiger partial charge in [-0.15, -0.1) is 0 Å². The molecular formula is C13H14BrN3O2. The van der Waals surface area contributed by atoms with Gasteiger partial charge in [0.05, 0.1) is 6.54 Å². The Morgan fingerprint density at radius 1 is 1.21 bits per heavy atom. The molecule has 0 amide bonds. The Kier molecular flexibility index (Phi) is 3.90. The summed E-state index contributed by atoms with van der Waals surface area (Å²) in [6, 6.07) is 7.45. The molecule has 5 nitrogen and oxygen atoms in total. The van der Waals surface area contributed by atoms with E-state index in [1.165, 1.54) is 10.8 Å². The second kappa shape index (κ2) is 5.44. The molecule has 2 N–H and O–H groups in total. The SMILES string of the molecule is CCn1cc(N)c(=O)n(Cc2ccc(Br)cc2)c1=O. The van der Waals surface area contributed by atoms with E-state index in [2.05, 4.69) is 15.9 Å². The third kappa shape index (κ3) is 2.78. The van der Waals surface area contributed by atoms with Gasteiger partial charge in [0.25, 0.3) is 5.56 Å². The van der Waals surface area contributed by atoms with Gasteiger partial charge in [0.15, 0.2) is 0 Å². The van der Waals surface area contributed by atoms with E-state index in [9.17, 15) is 9.59 Å². The zero-order valence-electron chi connectivity index (χ0n) is 10.5. The number of nitrogens with two attached hydrogens (primary N) is 1. The van der Waals surface area contributed by atoms with Crippen molar-refractivity contribution in [1.29, 1.82) is 0 Å². The molecule has 2 aromatic rings. The molecule has 0 fully saturated rings. The molecule has 2 rings (SSSR count). The van der Waals surface area contributed by atoms with E-state index >= 15 is 0 Å². The maximum absolute atomic E-state index is 12.1. The van der Waals surface area contributed by atoms with Crippen LogP contribution in [0.1, 0.15) is 12.5 Å². The van der Waals surface area contributed by atoms with Crippen LogP contribution in [0.15, 0.2) is 44.5 Å². The third-order valence-electron chi connectivity index (χ3n) is 2.86. The van der Waals surface area contributed by atoms with Gasteiger partial charge in [0.1, 0.15) is 5.69 Å². The van der Waals surface area contributed by atoms with Gasteiger partial charge in [0, 0.05) is 17.2 Å². The molecule has 0 saturated heterocycles. The maximum Gasteiger partial charge on any atom is 0.331 e. The van der Waals surface area contributed by atoms with Crippen LogP contribution in [0.25, 0.3) is 0 Å². The van der Waals surface area contributed by atoms with Crippen molar-refractivity contribution in [3.8, 4) is 0 Å². The standard InChI is InChI=1S/C13H14BrN3O2/c1-2-16-8-11(15)12(18)17(13(16)19)7-9-3-5-10(14)6-4-9/h3-6,8H,2,7,15H2,1H3. The van der Waals surface area contributed by atoms with E-state index in [0.29, 0.717) is 6.54 Å². The zero-order valence-corrected chi connectivity index (χ0v) is 12.1. The quantitative estimate of drug-likeness (QED) is 0.928. The Morgan fingerprint density at radius 2 is 1.84 bits per heavy atom. The van der Waals surface area contributed by atoms with E-state index in [0.717, 1.165) is 14.6 Å². The fraction of sp³-hybridized carbons (Fsp3) is 0.231. The molecule has 0 aliphatic rings. The highest BCUT2D eigenvalue weighted by Crippen LogP contribution is 2.10. The summed E-state index contributed by atoms with van der Waals surface area (Å²) in [6.07, 6.45) is 1.39. The smallest absolute Gasteiger partial charge is 0.331 e. The summed E-state index contributed by atoms with van der Waals surface area (Å²) in [6.45, 7) is 2.52. The van der Waals surface area contributed by atoms with Crippen LogP contribution >= 0.6 is 15.9 Å². The van der Waals surface area contributed by atoms with Crippen LogP contribution in [0.2, 0.25) is 0 Å². The third-order valence-corrected chi connectivity index (χ3v) is 3.39. The van der Waals surface area contributed by atoms with Gasteiger partial charge in [-0.05, 0) is 24.6 Å². The van der Waals surface area contributed by atoms with E-state index in [-0.39, 0.29) is 17.9 Å². The van der Waals surface area contributed by atoms with Gasteiger partial charge < -0.3 is 5.73 Å². The minimum atomic E-state index is -0.447. The summed E-state index contributed by atoms with van der Waals surface area (Å²) in [5.74, 6) is 0. The van der Waals surface area contributed by atoms with Gasteiger partial charge in [-0.2, -0.15) is 0 Å². The predicted molar refractivity (Wildman–Crippen MR) is 78.3 cm³/mol. The fourth-order valence-corrected chi connectivity index (χ4v) is 2.08. The summed E-state index contributed by atoms with van der Waals surface area (Å²) in [4.78, 5) is 24.0. The van der Waals surface area contributed by atoms with Crippen molar-refractivity contribution in [2.45, 2.75) is 20.0 Å². The van der Waals surface area contributed by atoms with Crippen molar-refractivity contribution in [2.75, 3.05) is 5.73 Å². The number of hydrogen-bond donors (Lipinski definition) is 1. The topological polar surface area (TPSA) is 70.0 Å². The Hall–Kier alpha value is -1.82. The highest BCUT2D eigenvalue weighted by Gasteiger charge is 2.08. The lowest BCUT2D eigenvalue weighted by atomic mass is 10.2. The Balaban J connectivity index is 2.50. The van der Waals surface area contributed by atoms with Crippen LogP contribution in [0.5, 0.6) is 0 Å². The highest BCUT2D eigenvalue weighted by atomic mass is 79.9. The molecule has 0 bridgehead atoms. The van der Waals surface area contributed by atoms with Crippen molar-refractivity contribution in [3.63, 3.8) is 0 Å². The number of rotatable bonds is 3. The van der Waals surface area contributed by atoms with Crippen molar-refractivity contribution < 1.29 is 0 Å². The number of benzene rings is 1. The molecule has 1 aromatic heterocycles. The van der Waals surface area contributed by atoms with Crippen molar-refractivity contribution in [1.82, 2.24) is 9.13 Å². The molecule has 0 aliphatic carbocycles. The number of nitrogens with zero attached hydrogens (tertiary/aromatic N) is 2. The lowest BCUT2D eigenvalue weighted by molar-refractivity contribution is 0.603. The molecule has 1 heterocycles. The van der Waals surface area contributed by atoms with Gasteiger partial charge >= 0.3 is 5.69 Å². The molecular weight excluding hydrogens is 310 g/mol. The van der Waals surface area contributed by atoms with E-state index in [1.54, 1.807) is 0 Å². The molecule has 0 aliphatic heterocycles. The minimum Gasteiger partial charge on any atom is -0.393 e. The van der Waals surface area contributed by atoms with Crippen molar-refractivity contribution >= 4 is 21.6 Å². The van der Waals surface area contributed by atoms with Crippen molar-refractivity contribution in [3.05, 3.63) is 61.3 Å². The number of halogens is 1. The van der Waals surface area contributed by atoms with Gasteiger partial charge in [-0.25, -0.2) is 4.79 Å². The highest BCUT2D eigenvalue weighted by molar-refractivity contribution is 9.10. The van der Waals surface area contributed by atoms with Crippen LogP contribution in [-0.4, -0.2) is 9.13 Å². The Morgan fingerprint density at radius 3 is 2.42 bits per heavy atom. The molecule has 0 saturated carbocycles. The first-order valence-electron chi connectivity index (χ1n) is 5.87. The predicted octanol–water partition coefficient (Wildman–Crippen LogP) is 1.42. The van der Waals surface area contributed by atoms with E-state index in [4.69, 9.17) is 5.73 Å². The molecule has 100 valence electrons. The number of aryl methyl sites for hydroxylation is 1. The summed E-state index contributed by atoms with van der Waals surface area (Å²) in [7, 11) is 0. The summed E-state index contributed by atoms with van der Waals surface area (Å²) >= 11 is 3.34. The second-order valence-electron chi connectivity index (χ2n) is 4.17. The van der Waals surface area contributed by atoms with Crippen LogP contribution in [0.3, 0.4) is 0 Å². The maximum atomic E-state index is 12.1. The van der Waals surface area contributed by atoms with Crippen LogP contribution < -0.4 is 17.0 Å². The summed E-state index contributed by atoms with van der Waals surface area (Å²) in [5.41, 5.74) is 5.81. The van der Waals surface area contributed by atoms with Crippen LogP contribution in [0, 0.1) is 0 Å². The fourth-order valence-electron chi connectivity index (χ4n) is 1.81. The van der Waals surface area contributed by atoms with Crippen molar-refractivity contribution in [2.24, 2.45) is 0 Å². The van der Waals surface area contributed by atoms with Gasteiger partial charge in [-0.3, -0.25) is 13.9 Å². The lowest BCUT2D eigenvalue weighted by Gasteiger charge is -2.10. The molecule has 0 spiro atoms. The second-order valence-corrected chi connectivity index (χ2v) is 5.09. The van der Waals surface area contributed by atoms with Crippen LogP contribution in [0.4, 0.5) is 5.69 Å². The zero-order chi connectivity index (χ0) is 14.0. The first-order valence-corrected chi connectivity index (χ1v) is 6.66. The average Bonchev–Trinajstić information content (AvgIpc) is 2.41. The summed E-state index contributed by atoms with van der Waals surface area (Å²) < 4.78 is 3.53. The normalized spacial score (nSPS) is 10.6. The Labute approximate surface area is 118 Å². The molecule has 1 aromatic carbocycles. The monoisotopic (exact) mass is 323 g/mol. The first-order chi connectivity index (χ1) is 9.02. The molecule has 0 unspecified atom stereocenters. The first kappa shape index (κ1) is 13.6. The molecule has 0 radical (unpaired) electrons. The van der Waals surface area contributed by atoms with Crippen LogP contribution in [-0.2, 0) is 13.1 Å². The number of nitrogen functional groups attached to an aromatic ring is 1. The largest absolute Gasteiger partial charge is 0.393 e. The number of hydrogen-bond acceptors (Lipinski definition) is 3.